The fourth-order valence-electron chi connectivity index (χ4n) is 2.77. The number of nitrogens with zero attached hydrogens (tertiary/aromatic N) is 4. The van der Waals surface area contributed by atoms with Crippen LogP contribution in [-0.2, 0) is 35.6 Å². The van der Waals surface area contributed by atoms with Gasteiger partial charge in [-0.15, -0.1) is 24.8 Å². The van der Waals surface area contributed by atoms with Crippen molar-refractivity contribution in [3.63, 3.8) is 0 Å². The second kappa shape index (κ2) is 9.56. The van der Waals surface area contributed by atoms with Crippen molar-refractivity contribution in [2.24, 2.45) is 5.73 Å². The predicted molar refractivity (Wildman–Crippen MR) is 99.9 cm³/mol. The highest BCUT2D eigenvalue weighted by atomic mass is 35.5. The molecule has 4 N–H and O–H groups in total. The predicted octanol–water partition coefficient (Wildman–Crippen LogP) is -0.00190. The van der Waals surface area contributed by atoms with Gasteiger partial charge in [0.1, 0.15) is 0 Å². The summed E-state index contributed by atoms with van der Waals surface area (Å²) < 4.78 is 1.88. The highest BCUT2D eigenvalue weighted by molar-refractivity contribution is 5.85. The van der Waals surface area contributed by atoms with Gasteiger partial charge >= 0.3 is 0 Å². The summed E-state index contributed by atoms with van der Waals surface area (Å²) in [6.45, 7) is 3.53. The molecule has 1 aliphatic rings. The molecule has 2 amide bonds. The number of carbonyl (C=O) groups excluding carboxylic acids is 2. The third kappa shape index (κ3) is 5.20. The van der Waals surface area contributed by atoms with Crippen molar-refractivity contribution in [1.82, 2.24) is 30.0 Å². The lowest BCUT2D eigenvalue weighted by atomic mass is 10.1. The van der Waals surface area contributed by atoms with Gasteiger partial charge in [0.05, 0.1) is 43.4 Å². The second-order valence-electron chi connectivity index (χ2n) is 5.91. The number of fused-ring (bicyclic) bond motifs is 1. The van der Waals surface area contributed by atoms with Crippen LogP contribution in [-0.4, -0.2) is 49.0 Å². The number of hydrogen-bond acceptors (Lipinski definition) is 5. The Kier molecular flexibility index (Phi) is 8.07. The van der Waals surface area contributed by atoms with E-state index in [0.717, 1.165) is 17.1 Å². The molecule has 0 aliphatic carbocycles. The summed E-state index contributed by atoms with van der Waals surface area (Å²) in [6.07, 6.45) is 3.68. The van der Waals surface area contributed by atoms with Gasteiger partial charge in [0, 0.05) is 31.8 Å². The van der Waals surface area contributed by atoms with Crippen LogP contribution in [0.1, 0.15) is 24.0 Å². The number of rotatable bonds is 5. The van der Waals surface area contributed by atoms with Gasteiger partial charge in [0.2, 0.25) is 11.8 Å². The molecule has 0 fully saturated rings. The van der Waals surface area contributed by atoms with Crippen molar-refractivity contribution in [2.75, 3.05) is 6.54 Å². The van der Waals surface area contributed by atoms with Gasteiger partial charge in [0.15, 0.2) is 0 Å². The van der Waals surface area contributed by atoms with Crippen LogP contribution in [0.2, 0.25) is 0 Å². The zero-order chi connectivity index (χ0) is 17.1. The molecule has 1 aliphatic heterocycles. The van der Waals surface area contributed by atoms with E-state index < -0.39 is 6.04 Å². The van der Waals surface area contributed by atoms with E-state index in [-0.39, 0.29) is 36.6 Å². The van der Waals surface area contributed by atoms with Gasteiger partial charge in [0.25, 0.3) is 0 Å². The molecule has 0 unspecified atom stereocenters. The molecule has 26 heavy (non-hydrogen) atoms. The molecule has 2 aromatic heterocycles. The van der Waals surface area contributed by atoms with Crippen molar-refractivity contribution in [3.05, 3.63) is 35.7 Å². The first-order valence-electron chi connectivity index (χ1n) is 7.84. The van der Waals surface area contributed by atoms with E-state index in [1.54, 1.807) is 17.4 Å². The third-order valence-corrected chi connectivity index (χ3v) is 3.99. The summed E-state index contributed by atoms with van der Waals surface area (Å²) in [4.78, 5) is 32.2. The molecular formula is C15H23Cl2N7O2. The fraction of sp³-hybridized carbons (Fsp3) is 0.467. The normalized spacial score (nSPS) is 13.8. The van der Waals surface area contributed by atoms with Crippen molar-refractivity contribution < 1.29 is 9.59 Å². The monoisotopic (exact) mass is 403 g/mol. The third-order valence-electron chi connectivity index (χ3n) is 3.99. The smallest absolute Gasteiger partial charge is 0.240 e. The van der Waals surface area contributed by atoms with Crippen molar-refractivity contribution in [3.8, 4) is 0 Å². The summed E-state index contributed by atoms with van der Waals surface area (Å²) in [5.41, 5.74) is 8.62. The number of hydrogen-bond donors (Lipinski definition) is 3. The number of halogens is 2. The number of carbonyl (C=O) groups is 2. The van der Waals surface area contributed by atoms with Crippen LogP contribution in [0, 0.1) is 0 Å². The molecule has 1 atom stereocenters. The standard InChI is InChI=1S/C15H21N7O2.2ClH/c1-10(23)18-7-12-4-13-8-21(2-3-22(13)20-12)15(24)14(16)5-11-6-17-9-19-11;;/h4,6,9,14H,2-3,5,7-8,16H2,1H3,(H,17,19)(H,18,23);2*1H/t14-;;/m0../s1. The number of aromatic amines is 1. The molecule has 144 valence electrons. The van der Waals surface area contributed by atoms with Crippen LogP contribution >= 0.6 is 24.8 Å². The molecule has 0 aromatic carbocycles. The largest absolute Gasteiger partial charge is 0.351 e. The Morgan fingerprint density at radius 1 is 1.38 bits per heavy atom. The number of amides is 2. The van der Waals surface area contributed by atoms with E-state index in [0.29, 0.717) is 32.6 Å². The van der Waals surface area contributed by atoms with Crippen LogP contribution in [0.5, 0.6) is 0 Å². The molecule has 0 saturated heterocycles. The van der Waals surface area contributed by atoms with E-state index in [4.69, 9.17) is 5.73 Å². The van der Waals surface area contributed by atoms with Gasteiger partial charge in [-0.3, -0.25) is 14.3 Å². The van der Waals surface area contributed by atoms with Gasteiger partial charge in [-0.2, -0.15) is 5.10 Å². The zero-order valence-electron chi connectivity index (χ0n) is 14.3. The Bertz CT molecular complexity index is 732. The Hall–Kier alpha value is -2.10. The minimum atomic E-state index is -0.598. The quantitative estimate of drug-likeness (QED) is 0.648. The number of aromatic nitrogens is 4. The Morgan fingerprint density at radius 2 is 2.15 bits per heavy atom. The van der Waals surface area contributed by atoms with E-state index in [1.165, 1.54) is 6.92 Å². The molecule has 0 spiro atoms. The highest BCUT2D eigenvalue weighted by Crippen LogP contribution is 2.15. The van der Waals surface area contributed by atoms with Gasteiger partial charge in [-0.05, 0) is 6.07 Å². The average Bonchev–Trinajstić information content (AvgIpc) is 3.20. The summed E-state index contributed by atoms with van der Waals surface area (Å²) in [5, 5.41) is 7.16. The number of nitrogens with one attached hydrogen (secondary N) is 2. The molecule has 2 aromatic rings. The summed E-state index contributed by atoms with van der Waals surface area (Å²) in [5.74, 6) is -0.178. The highest BCUT2D eigenvalue weighted by Gasteiger charge is 2.26. The average molecular weight is 404 g/mol. The van der Waals surface area contributed by atoms with Crippen molar-refractivity contribution in [2.45, 2.75) is 39.0 Å². The Morgan fingerprint density at radius 3 is 2.81 bits per heavy atom. The van der Waals surface area contributed by atoms with Crippen LogP contribution in [0.25, 0.3) is 0 Å². The number of imidazole rings is 1. The fourth-order valence-corrected chi connectivity index (χ4v) is 2.77. The lowest BCUT2D eigenvalue weighted by Crippen LogP contribution is -2.47. The maximum atomic E-state index is 12.5. The first kappa shape index (κ1) is 21.9. The van der Waals surface area contributed by atoms with Gasteiger partial charge in [-0.25, -0.2) is 4.98 Å². The maximum Gasteiger partial charge on any atom is 0.240 e. The molecule has 0 bridgehead atoms. The Balaban J connectivity index is 0.00000169. The van der Waals surface area contributed by atoms with Crippen LogP contribution in [0.4, 0.5) is 0 Å². The SMILES string of the molecule is CC(=O)NCc1cc2n(n1)CCN(C(=O)[C@@H](N)Cc1cnc[nH]1)C2.Cl.Cl. The van der Waals surface area contributed by atoms with Crippen LogP contribution in [0.15, 0.2) is 18.6 Å². The summed E-state index contributed by atoms with van der Waals surface area (Å²) >= 11 is 0. The van der Waals surface area contributed by atoms with E-state index in [2.05, 4.69) is 20.4 Å². The zero-order valence-corrected chi connectivity index (χ0v) is 16.0. The molecule has 0 saturated carbocycles. The lowest BCUT2D eigenvalue weighted by molar-refractivity contribution is -0.134. The minimum absolute atomic E-state index is 0. The van der Waals surface area contributed by atoms with Crippen molar-refractivity contribution >= 4 is 36.6 Å². The van der Waals surface area contributed by atoms with Crippen molar-refractivity contribution in [1.29, 1.82) is 0 Å². The number of nitrogens with two attached hydrogens (primary N) is 1. The van der Waals surface area contributed by atoms with Gasteiger partial charge in [-0.1, -0.05) is 0 Å². The van der Waals surface area contributed by atoms with Crippen LogP contribution in [0.3, 0.4) is 0 Å². The second-order valence-corrected chi connectivity index (χ2v) is 5.91. The molecule has 9 nitrogen and oxygen atoms in total. The molecule has 3 rings (SSSR count). The maximum absolute atomic E-state index is 12.5. The molecule has 0 radical (unpaired) electrons. The first-order valence-corrected chi connectivity index (χ1v) is 7.84. The number of H-pyrrole nitrogens is 1. The van der Waals surface area contributed by atoms with E-state index >= 15 is 0 Å². The van der Waals surface area contributed by atoms with E-state index in [9.17, 15) is 9.59 Å². The molecular weight excluding hydrogens is 381 g/mol. The summed E-state index contributed by atoms with van der Waals surface area (Å²) in [7, 11) is 0. The molecule has 3 heterocycles. The van der Waals surface area contributed by atoms with E-state index in [1.807, 2.05) is 10.7 Å². The minimum Gasteiger partial charge on any atom is -0.351 e. The van der Waals surface area contributed by atoms with Gasteiger partial charge < -0.3 is 20.9 Å². The lowest BCUT2D eigenvalue weighted by Gasteiger charge is -2.29. The Labute approximate surface area is 163 Å². The van der Waals surface area contributed by atoms with Crippen LogP contribution < -0.4 is 11.1 Å². The topological polar surface area (TPSA) is 122 Å². The molecule has 11 heteroatoms. The first-order chi connectivity index (χ1) is 11.5. The summed E-state index contributed by atoms with van der Waals surface area (Å²) in [6, 6.07) is 1.31.